The first-order valence-electron chi connectivity index (χ1n) is 11.0. The number of halogens is 3. The zero-order valence-corrected chi connectivity index (χ0v) is 18.5. The van der Waals surface area contributed by atoms with Crippen molar-refractivity contribution in [3.8, 4) is 0 Å². The Morgan fingerprint density at radius 3 is 2.23 bits per heavy atom. The van der Waals surface area contributed by atoms with E-state index in [1.165, 1.54) is 5.56 Å². The molecule has 0 aliphatic heterocycles. The van der Waals surface area contributed by atoms with Crippen LogP contribution in [-0.2, 0) is 21.2 Å². The standard InChI is InChI=1S/C23H31F3O3S/c1-3-16(2)20-6-4-17(5-7-20)13-29-22-11-18-8-19(12-22)10-21(9-18,14-22)15-30(27,28)23(24,25)26/h4-7,16,18-19H,3,8-15H2,1-2H3. The number of sulfone groups is 1. The molecule has 4 bridgehead atoms. The smallest absolute Gasteiger partial charge is 0.370 e. The molecule has 0 heterocycles. The maximum atomic E-state index is 13.1. The Morgan fingerprint density at radius 1 is 1.10 bits per heavy atom. The number of alkyl halides is 3. The van der Waals surface area contributed by atoms with E-state index in [-0.39, 0.29) is 11.8 Å². The van der Waals surface area contributed by atoms with Crippen molar-refractivity contribution >= 4 is 9.84 Å². The van der Waals surface area contributed by atoms with Crippen LogP contribution in [0.4, 0.5) is 13.2 Å². The first-order chi connectivity index (χ1) is 13.9. The van der Waals surface area contributed by atoms with E-state index < -0.39 is 32.1 Å². The van der Waals surface area contributed by atoms with Crippen LogP contribution in [0, 0.1) is 17.3 Å². The van der Waals surface area contributed by atoms with Crippen molar-refractivity contribution in [2.24, 2.45) is 17.3 Å². The molecule has 0 radical (unpaired) electrons. The first-order valence-corrected chi connectivity index (χ1v) is 12.6. The minimum Gasteiger partial charge on any atom is -0.370 e. The van der Waals surface area contributed by atoms with Crippen molar-refractivity contribution in [2.45, 2.75) is 82.4 Å². The highest BCUT2D eigenvalue weighted by Gasteiger charge is 2.61. The van der Waals surface area contributed by atoms with Crippen LogP contribution in [-0.4, -0.2) is 25.3 Å². The van der Waals surface area contributed by atoms with E-state index in [1.807, 2.05) is 0 Å². The number of benzene rings is 1. The van der Waals surface area contributed by atoms with Crippen LogP contribution in [0.15, 0.2) is 24.3 Å². The predicted octanol–water partition coefficient (Wildman–Crippen LogP) is 5.99. The third-order valence-electron chi connectivity index (χ3n) is 7.68. The Kier molecular flexibility index (Phi) is 5.54. The minimum atomic E-state index is -5.18. The van der Waals surface area contributed by atoms with E-state index >= 15 is 0 Å². The summed E-state index contributed by atoms with van der Waals surface area (Å²) >= 11 is 0. The molecule has 4 aliphatic carbocycles. The molecule has 0 spiro atoms. The molecule has 7 heteroatoms. The highest BCUT2D eigenvalue weighted by Crippen LogP contribution is 2.63. The van der Waals surface area contributed by atoms with Crippen LogP contribution in [0.5, 0.6) is 0 Å². The SMILES string of the molecule is CCC(C)c1ccc(COC23CC4CC(CC(CS(=O)(=O)C(F)(F)F)(C4)C2)C3)cc1. The average molecular weight is 445 g/mol. The van der Waals surface area contributed by atoms with Gasteiger partial charge in [-0.15, -0.1) is 0 Å². The largest absolute Gasteiger partial charge is 0.497 e. The van der Waals surface area contributed by atoms with Crippen molar-refractivity contribution in [2.75, 3.05) is 5.75 Å². The Morgan fingerprint density at radius 2 is 1.70 bits per heavy atom. The lowest BCUT2D eigenvalue weighted by Crippen LogP contribution is -2.59. The molecular weight excluding hydrogens is 413 g/mol. The molecule has 0 N–H and O–H groups in total. The molecular formula is C23H31F3O3S. The van der Waals surface area contributed by atoms with Gasteiger partial charge >= 0.3 is 5.51 Å². The molecule has 1 aromatic carbocycles. The summed E-state index contributed by atoms with van der Waals surface area (Å²) in [4.78, 5) is 0. The number of ether oxygens (including phenoxy) is 1. The third-order valence-corrected chi connectivity index (χ3v) is 9.38. The topological polar surface area (TPSA) is 43.4 Å². The lowest BCUT2D eigenvalue weighted by atomic mass is 9.48. The van der Waals surface area contributed by atoms with Crippen LogP contribution in [0.3, 0.4) is 0 Å². The first kappa shape index (κ1) is 22.1. The summed E-state index contributed by atoms with van der Waals surface area (Å²) in [6.45, 7) is 4.77. The van der Waals surface area contributed by atoms with Crippen LogP contribution >= 0.6 is 0 Å². The summed E-state index contributed by atoms with van der Waals surface area (Å²) in [6.07, 6.45) is 5.31. The maximum absolute atomic E-state index is 13.1. The van der Waals surface area contributed by atoms with Gasteiger partial charge in [0.1, 0.15) is 0 Å². The fraction of sp³-hybridized carbons (Fsp3) is 0.739. The Labute approximate surface area is 177 Å². The van der Waals surface area contributed by atoms with E-state index in [2.05, 4.69) is 38.1 Å². The highest BCUT2D eigenvalue weighted by atomic mass is 32.2. The Bertz CT molecular complexity index is 862. The lowest BCUT2D eigenvalue weighted by molar-refractivity contribution is -0.193. The van der Waals surface area contributed by atoms with E-state index in [4.69, 9.17) is 4.74 Å². The molecule has 4 aliphatic rings. The lowest BCUT2D eigenvalue weighted by Gasteiger charge is -2.61. The van der Waals surface area contributed by atoms with Crippen LogP contribution in [0.2, 0.25) is 0 Å². The fourth-order valence-corrected chi connectivity index (χ4v) is 7.91. The molecule has 0 aromatic heterocycles. The van der Waals surface area contributed by atoms with Gasteiger partial charge in [0.05, 0.1) is 18.0 Å². The number of hydrogen-bond acceptors (Lipinski definition) is 3. The second-order valence-electron chi connectivity index (χ2n) is 10.2. The minimum absolute atomic E-state index is 0.266. The molecule has 3 atom stereocenters. The normalized spacial score (nSPS) is 34.3. The van der Waals surface area contributed by atoms with Gasteiger partial charge in [0.25, 0.3) is 0 Å². The van der Waals surface area contributed by atoms with Crippen molar-refractivity contribution in [1.29, 1.82) is 0 Å². The molecule has 4 saturated carbocycles. The molecule has 168 valence electrons. The quantitative estimate of drug-likeness (QED) is 0.519. The molecule has 0 saturated heterocycles. The van der Waals surface area contributed by atoms with Crippen LogP contribution < -0.4 is 0 Å². The molecule has 4 fully saturated rings. The van der Waals surface area contributed by atoms with E-state index in [1.54, 1.807) is 0 Å². The van der Waals surface area contributed by atoms with E-state index in [0.29, 0.717) is 31.8 Å². The zero-order chi connectivity index (χ0) is 21.8. The second kappa shape index (κ2) is 7.51. The van der Waals surface area contributed by atoms with Crippen LogP contribution in [0.1, 0.15) is 75.8 Å². The van der Waals surface area contributed by atoms with Gasteiger partial charge in [-0.05, 0) is 79.2 Å². The molecule has 1 aromatic rings. The molecule has 3 unspecified atom stereocenters. The van der Waals surface area contributed by atoms with E-state index in [0.717, 1.165) is 31.2 Å². The number of rotatable bonds is 7. The van der Waals surface area contributed by atoms with Crippen molar-refractivity contribution < 1.29 is 26.3 Å². The van der Waals surface area contributed by atoms with Gasteiger partial charge in [0, 0.05) is 0 Å². The summed E-state index contributed by atoms with van der Waals surface area (Å²) in [6, 6.07) is 8.35. The van der Waals surface area contributed by atoms with Crippen LogP contribution in [0.25, 0.3) is 0 Å². The van der Waals surface area contributed by atoms with Gasteiger partial charge in [-0.3, -0.25) is 0 Å². The monoisotopic (exact) mass is 444 g/mol. The Balaban J connectivity index is 1.49. The average Bonchev–Trinajstić information content (AvgIpc) is 2.63. The van der Waals surface area contributed by atoms with Crippen molar-refractivity contribution in [3.63, 3.8) is 0 Å². The van der Waals surface area contributed by atoms with Gasteiger partial charge in [-0.25, -0.2) is 8.42 Å². The van der Waals surface area contributed by atoms with Gasteiger partial charge in [-0.2, -0.15) is 13.2 Å². The van der Waals surface area contributed by atoms with Gasteiger partial charge in [0.15, 0.2) is 0 Å². The van der Waals surface area contributed by atoms with Crippen molar-refractivity contribution in [1.82, 2.24) is 0 Å². The second-order valence-corrected chi connectivity index (χ2v) is 12.2. The molecule has 5 rings (SSSR count). The molecule has 3 nitrogen and oxygen atoms in total. The van der Waals surface area contributed by atoms with E-state index in [9.17, 15) is 21.6 Å². The van der Waals surface area contributed by atoms with Gasteiger partial charge in [0.2, 0.25) is 9.84 Å². The molecule has 0 amide bonds. The third kappa shape index (κ3) is 4.16. The summed E-state index contributed by atoms with van der Waals surface area (Å²) in [5.74, 6) is 0.245. The fourth-order valence-electron chi connectivity index (χ4n) is 6.60. The Hall–Kier alpha value is -1.08. The molecule has 30 heavy (non-hydrogen) atoms. The number of hydrogen-bond donors (Lipinski definition) is 0. The maximum Gasteiger partial charge on any atom is 0.497 e. The summed E-state index contributed by atoms with van der Waals surface area (Å²) in [5.41, 5.74) is -4.12. The van der Waals surface area contributed by atoms with Gasteiger partial charge in [-0.1, -0.05) is 38.1 Å². The summed E-state index contributed by atoms with van der Waals surface area (Å²) in [5, 5.41) is 0. The van der Waals surface area contributed by atoms with Gasteiger partial charge < -0.3 is 4.74 Å². The predicted molar refractivity (Wildman–Crippen MR) is 110 cm³/mol. The summed E-state index contributed by atoms with van der Waals surface area (Å²) in [7, 11) is -5.13. The van der Waals surface area contributed by atoms with Crippen molar-refractivity contribution in [3.05, 3.63) is 35.4 Å². The highest BCUT2D eigenvalue weighted by molar-refractivity contribution is 7.92. The zero-order valence-electron chi connectivity index (χ0n) is 17.7. The summed E-state index contributed by atoms with van der Waals surface area (Å²) < 4.78 is 69.6.